The van der Waals surface area contributed by atoms with Crippen molar-refractivity contribution in [1.82, 2.24) is 9.80 Å². The molecule has 4 rings (SSSR count). The second kappa shape index (κ2) is 5.85. The molecule has 0 spiro atoms. The zero-order valence-corrected chi connectivity index (χ0v) is 13.0. The van der Waals surface area contributed by atoms with E-state index in [0.717, 1.165) is 32.6 Å². The lowest BCUT2D eigenvalue weighted by Gasteiger charge is -2.34. The lowest BCUT2D eigenvalue weighted by molar-refractivity contribution is -0.136. The topological polar surface area (TPSA) is 35.6 Å². The minimum atomic E-state index is 0. The summed E-state index contributed by atoms with van der Waals surface area (Å²) in [5.41, 5.74) is 4.07. The molecular weight excluding hydrogens is 286 g/mol. The largest absolute Gasteiger partial charge is 0.384 e. The number of hydrogen-bond acceptors (Lipinski definition) is 3. The first-order valence-electron chi connectivity index (χ1n) is 7.68. The molecule has 1 saturated heterocycles. The third-order valence-electron chi connectivity index (χ3n) is 4.65. The fraction of sp³-hybridized carbons (Fsp3) is 0.562. The van der Waals surface area contributed by atoms with Crippen molar-refractivity contribution >= 4 is 24.0 Å². The summed E-state index contributed by atoms with van der Waals surface area (Å²) in [7, 11) is 0. The van der Waals surface area contributed by atoms with E-state index in [1.807, 2.05) is 0 Å². The molecule has 114 valence electrons. The van der Waals surface area contributed by atoms with Crippen molar-refractivity contribution in [3.05, 3.63) is 29.3 Å². The first-order valence-corrected chi connectivity index (χ1v) is 7.68. The molecular formula is C16H22ClN3O. The van der Waals surface area contributed by atoms with Crippen molar-refractivity contribution in [2.75, 3.05) is 31.5 Å². The lowest BCUT2D eigenvalue weighted by atomic mass is 10.1. The number of amides is 1. The van der Waals surface area contributed by atoms with Gasteiger partial charge in [0.25, 0.3) is 0 Å². The number of nitrogens with zero attached hydrogens (tertiary/aromatic N) is 2. The van der Waals surface area contributed by atoms with Crippen LogP contribution in [0.1, 0.15) is 24.0 Å². The van der Waals surface area contributed by atoms with Crippen molar-refractivity contribution < 1.29 is 4.79 Å². The molecule has 1 aromatic rings. The van der Waals surface area contributed by atoms with Crippen molar-refractivity contribution in [3.63, 3.8) is 0 Å². The minimum absolute atomic E-state index is 0. The Kier molecular flexibility index (Phi) is 4.09. The summed E-state index contributed by atoms with van der Waals surface area (Å²) < 4.78 is 0. The van der Waals surface area contributed by atoms with E-state index in [4.69, 9.17) is 0 Å². The van der Waals surface area contributed by atoms with Crippen LogP contribution in [0, 0.1) is 0 Å². The Labute approximate surface area is 131 Å². The Balaban J connectivity index is 0.00000132. The Morgan fingerprint density at radius 3 is 2.86 bits per heavy atom. The van der Waals surface area contributed by atoms with Crippen LogP contribution >= 0.6 is 12.4 Å². The second-order valence-electron chi connectivity index (χ2n) is 6.16. The number of carbonyl (C=O) groups excluding carboxylic acids is 1. The van der Waals surface area contributed by atoms with E-state index in [2.05, 4.69) is 33.3 Å². The van der Waals surface area contributed by atoms with Crippen LogP contribution < -0.4 is 5.32 Å². The van der Waals surface area contributed by atoms with Crippen LogP contribution in [-0.2, 0) is 17.8 Å². The van der Waals surface area contributed by atoms with Crippen LogP contribution in [0.15, 0.2) is 18.2 Å². The molecule has 5 heteroatoms. The molecule has 1 amide bonds. The second-order valence-corrected chi connectivity index (χ2v) is 6.16. The number of fused-ring (bicyclic) bond motifs is 1. The van der Waals surface area contributed by atoms with Crippen LogP contribution in [0.2, 0.25) is 0 Å². The van der Waals surface area contributed by atoms with Crippen LogP contribution in [0.4, 0.5) is 5.69 Å². The number of rotatable bonds is 3. The highest BCUT2D eigenvalue weighted by molar-refractivity contribution is 5.85. The molecule has 2 heterocycles. The van der Waals surface area contributed by atoms with Gasteiger partial charge in [-0.05, 0) is 30.4 Å². The maximum absolute atomic E-state index is 12.2. The number of anilines is 1. The van der Waals surface area contributed by atoms with Gasteiger partial charge in [-0.15, -0.1) is 12.4 Å². The first-order chi connectivity index (χ1) is 9.81. The summed E-state index contributed by atoms with van der Waals surface area (Å²) in [6.45, 7) is 4.43. The molecule has 0 radical (unpaired) electrons. The number of para-hydroxylation sites is 1. The number of halogens is 1. The van der Waals surface area contributed by atoms with Gasteiger partial charge in [0, 0.05) is 37.9 Å². The fourth-order valence-corrected chi connectivity index (χ4v) is 3.43. The van der Waals surface area contributed by atoms with Crippen LogP contribution in [0.3, 0.4) is 0 Å². The summed E-state index contributed by atoms with van der Waals surface area (Å²) in [4.78, 5) is 16.6. The van der Waals surface area contributed by atoms with Crippen LogP contribution in [-0.4, -0.2) is 47.9 Å². The maximum atomic E-state index is 12.2. The van der Waals surface area contributed by atoms with Gasteiger partial charge in [-0.1, -0.05) is 18.2 Å². The van der Waals surface area contributed by atoms with E-state index >= 15 is 0 Å². The number of hydrogen-bond donors (Lipinski definition) is 1. The van der Waals surface area contributed by atoms with Crippen molar-refractivity contribution in [1.29, 1.82) is 0 Å². The minimum Gasteiger partial charge on any atom is -0.384 e. The number of carbonyl (C=O) groups is 1. The molecule has 4 nitrogen and oxygen atoms in total. The standard InChI is InChI=1S/C16H21N3O.ClH/c20-15-11-18(8-9-19(15)14-4-5-14)10-13-3-1-2-12-6-7-17-16(12)13;/h1-3,14,17H,4-11H2;1H. The van der Waals surface area contributed by atoms with Gasteiger partial charge in [-0.3, -0.25) is 9.69 Å². The maximum Gasteiger partial charge on any atom is 0.237 e. The van der Waals surface area contributed by atoms with Crippen molar-refractivity contribution in [3.8, 4) is 0 Å². The van der Waals surface area contributed by atoms with Gasteiger partial charge in [-0.25, -0.2) is 0 Å². The van der Waals surface area contributed by atoms with Gasteiger partial charge in [-0.2, -0.15) is 0 Å². The summed E-state index contributed by atoms with van der Waals surface area (Å²) in [5.74, 6) is 0.319. The van der Waals surface area contributed by atoms with Crippen LogP contribution in [0.25, 0.3) is 0 Å². The molecule has 0 atom stereocenters. The molecule has 1 N–H and O–H groups in total. The molecule has 0 unspecified atom stereocenters. The van der Waals surface area contributed by atoms with E-state index in [1.165, 1.54) is 29.7 Å². The Morgan fingerprint density at radius 1 is 1.24 bits per heavy atom. The van der Waals surface area contributed by atoms with E-state index in [9.17, 15) is 4.79 Å². The van der Waals surface area contributed by atoms with Gasteiger partial charge >= 0.3 is 0 Å². The molecule has 1 saturated carbocycles. The summed E-state index contributed by atoms with van der Waals surface area (Å²) in [5, 5.41) is 3.48. The average Bonchev–Trinajstić information content (AvgIpc) is 3.16. The van der Waals surface area contributed by atoms with Crippen LogP contribution in [0.5, 0.6) is 0 Å². The highest BCUT2D eigenvalue weighted by Gasteiger charge is 2.35. The predicted octanol–water partition coefficient (Wildman–Crippen LogP) is 1.88. The summed E-state index contributed by atoms with van der Waals surface area (Å²) in [6, 6.07) is 7.10. The Hall–Kier alpha value is -1.26. The molecule has 3 aliphatic rings. The smallest absolute Gasteiger partial charge is 0.237 e. The zero-order valence-electron chi connectivity index (χ0n) is 12.2. The lowest BCUT2D eigenvalue weighted by Crippen LogP contribution is -2.50. The Bertz CT molecular complexity index is 544. The monoisotopic (exact) mass is 307 g/mol. The predicted molar refractivity (Wildman–Crippen MR) is 85.9 cm³/mol. The Morgan fingerprint density at radius 2 is 2.10 bits per heavy atom. The third kappa shape index (κ3) is 2.87. The molecule has 0 bridgehead atoms. The van der Waals surface area contributed by atoms with E-state index in [0.29, 0.717) is 18.5 Å². The quantitative estimate of drug-likeness (QED) is 0.926. The van der Waals surface area contributed by atoms with Gasteiger partial charge in [0.15, 0.2) is 0 Å². The number of benzene rings is 1. The van der Waals surface area contributed by atoms with E-state index < -0.39 is 0 Å². The normalized spacial score (nSPS) is 21.7. The molecule has 1 aromatic carbocycles. The van der Waals surface area contributed by atoms with Gasteiger partial charge in [0.1, 0.15) is 0 Å². The summed E-state index contributed by atoms with van der Waals surface area (Å²) in [6.07, 6.45) is 3.54. The summed E-state index contributed by atoms with van der Waals surface area (Å²) >= 11 is 0. The molecule has 1 aliphatic carbocycles. The number of nitrogens with one attached hydrogen (secondary N) is 1. The molecule has 2 fully saturated rings. The molecule has 21 heavy (non-hydrogen) atoms. The van der Waals surface area contributed by atoms with E-state index in [-0.39, 0.29) is 12.4 Å². The third-order valence-corrected chi connectivity index (χ3v) is 4.65. The fourth-order valence-electron chi connectivity index (χ4n) is 3.43. The van der Waals surface area contributed by atoms with Crippen molar-refractivity contribution in [2.45, 2.75) is 31.8 Å². The SMILES string of the molecule is Cl.O=C1CN(Cc2cccc3c2NCC3)CCN1C1CC1. The van der Waals surface area contributed by atoms with Gasteiger partial charge in [0.05, 0.1) is 6.54 Å². The van der Waals surface area contributed by atoms with Gasteiger partial charge < -0.3 is 10.2 Å². The zero-order chi connectivity index (χ0) is 13.5. The van der Waals surface area contributed by atoms with E-state index in [1.54, 1.807) is 0 Å². The highest BCUT2D eigenvalue weighted by Crippen LogP contribution is 2.30. The van der Waals surface area contributed by atoms with Crippen molar-refractivity contribution in [2.24, 2.45) is 0 Å². The molecule has 2 aliphatic heterocycles. The first kappa shape index (κ1) is 14.7. The number of piperazine rings is 1. The molecule has 0 aromatic heterocycles. The van der Waals surface area contributed by atoms with Gasteiger partial charge in [0.2, 0.25) is 5.91 Å². The highest BCUT2D eigenvalue weighted by atomic mass is 35.5. The average molecular weight is 308 g/mol.